The van der Waals surface area contributed by atoms with E-state index in [0.717, 1.165) is 5.56 Å². The third-order valence-electron chi connectivity index (χ3n) is 3.44. The Hall–Kier alpha value is -2.90. The number of benzene rings is 2. The molecule has 2 rings (SSSR count). The third-order valence-corrected chi connectivity index (χ3v) is 3.44. The Morgan fingerprint density at radius 3 is 2.59 bits per heavy atom. The van der Waals surface area contributed by atoms with Crippen molar-refractivity contribution in [2.75, 3.05) is 18.5 Å². The molecule has 0 saturated carbocycles. The average Bonchev–Trinajstić information content (AvgIpc) is 2.61. The Balaban J connectivity index is 1.92. The van der Waals surface area contributed by atoms with Gasteiger partial charge >= 0.3 is 12.2 Å². The molecule has 2 N–H and O–H groups in total. The molecule has 2 amide bonds. The molecule has 8 heteroatoms. The van der Waals surface area contributed by atoms with Crippen molar-refractivity contribution in [2.24, 2.45) is 0 Å². The van der Waals surface area contributed by atoms with E-state index in [1.54, 1.807) is 18.2 Å². The standard InChI is InChI=1S/C19H21F3N2O3/c1-3-26-17-9-13(2)7-8-16(17)24-18(25)23-11-14-5-4-6-15(10-14)27-12-19(20,21)22/h4-10H,3,11-12H2,1-2H3,(H2,23,24,25). The van der Waals surface area contributed by atoms with E-state index in [0.29, 0.717) is 23.6 Å². The molecule has 146 valence electrons. The van der Waals surface area contributed by atoms with Crippen LogP contribution < -0.4 is 20.1 Å². The van der Waals surface area contributed by atoms with Gasteiger partial charge in [-0.1, -0.05) is 18.2 Å². The van der Waals surface area contributed by atoms with Crippen LogP contribution in [0.2, 0.25) is 0 Å². The predicted octanol–water partition coefficient (Wildman–Crippen LogP) is 4.66. The Morgan fingerprint density at radius 1 is 1.11 bits per heavy atom. The lowest BCUT2D eigenvalue weighted by Gasteiger charge is -2.13. The Bertz CT molecular complexity index is 779. The molecule has 0 aromatic heterocycles. The number of carbonyl (C=O) groups excluding carboxylic acids is 1. The minimum absolute atomic E-state index is 0.0872. The molecular formula is C19H21F3N2O3. The number of amides is 2. The van der Waals surface area contributed by atoms with Crippen molar-refractivity contribution < 1.29 is 27.4 Å². The summed E-state index contributed by atoms with van der Waals surface area (Å²) in [5, 5.41) is 5.34. The van der Waals surface area contributed by atoms with Gasteiger partial charge in [0.05, 0.1) is 12.3 Å². The smallest absolute Gasteiger partial charge is 0.422 e. The highest BCUT2D eigenvalue weighted by molar-refractivity contribution is 5.90. The van der Waals surface area contributed by atoms with Crippen LogP contribution in [0.15, 0.2) is 42.5 Å². The van der Waals surface area contributed by atoms with Crippen LogP contribution in [0.5, 0.6) is 11.5 Å². The number of anilines is 1. The molecule has 0 aliphatic carbocycles. The van der Waals surface area contributed by atoms with E-state index in [1.807, 2.05) is 26.0 Å². The van der Waals surface area contributed by atoms with Crippen LogP contribution in [0.25, 0.3) is 0 Å². The minimum Gasteiger partial charge on any atom is -0.492 e. The zero-order valence-corrected chi connectivity index (χ0v) is 15.0. The number of nitrogens with one attached hydrogen (secondary N) is 2. The summed E-state index contributed by atoms with van der Waals surface area (Å²) in [6, 6.07) is 11.1. The van der Waals surface area contributed by atoms with Gasteiger partial charge in [-0.3, -0.25) is 0 Å². The molecule has 0 spiro atoms. The fourth-order valence-corrected chi connectivity index (χ4v) is 2.27. The Labute approximate surface area is 155 Å². The molecule has 0 fully saturated rings. The number of rotatable bonds is 7. The van der Waals surface area contributed by atoms with Gasteiger partial charge in [0.1, 0.15) is 11.5 Å². The SMILES string of the molecule is CCOc1cc(C)ccc1NC(=O)NCc1cccc(OCC(F)(F)F)c1. The van der Waals surface area contributed by atoms with Crippen LogP contribution in [-0.2, 0) is 6.54 Å². The van der Waals surface area contributed by atoms with Crippen LogP contribution in [0.4, 0.5) is 23.7 Å². The summed E-state index contributed by atoms with van der Waals surface area (Å²) in [4.78, 5) is 12.1. The number of alkyl halides is 3. The largest absolute Gasteiger partial charge is 0.492 e. The van der Waals surface area contributed by atoms with E-state index in [-0.39, 0.29) is 12.3 Å². The lowest BCUT2D eigenvalue weighted by atomic mass is 10.2. The zero-order chi connectivity index (χ0) is 19.9. The molecule has 0 aliphatic rings. The van der Waals surface area contributed by atoms with E-state index in [2.05, 4.69) is 10.6 Å². The molecule has 0 saturated heterocycles. The highest BCUT2D eigenvalue weighted by Crippen LogP contribution is 2.25. The first-order chi connectivity index (χ1) is 12.8. The van der Waals surface area contributed by atoms with E-state index < -0.39 is 18.8 Å². The van der Waals surface area contributed by atoms with Crippen LogP contribution >= 0.6 is 0 Å². The number of urea groups is 1. The maximum Gasteiger partial charge on any atom is 0.422 e. The number of carbonyl (C=O) groups is 1. The molecular weight excluding hydrogens is 361 g/mol. The normalized spacial score (nSPS) is 11.0. The predicted molar refractivity (Wildman–Crippen MR) is 96.2 cm³/mol. The summed E-state index contributed by atoms with van der Waals surface area (Å²) >= 11 is 0. The first kappa shape index (κ1) is 20.4. The zero-order valence-electron chi connectivity index (χ0n) is 15.0. The van der Waals surface area contributed by atoms with E-state index in [4.69, 9.17) is 9.47 Å². The summed E-state index contributed by atoms with van der Waals surface area (Å²) in [5.74, 6) is 0.652. The molecule has 0 unspecified atom stereocenters. The monoisotopic (exact) mass is 382 g/mol. The quantitative estimate of drug-likeness (QED) is 0.732. The Kier molecular flexibility index (Phi) is 6.92. The minimum atomic E-state index is -4.40. The lowest BCUT2D eigenvalue weighted by Crippen LogP contribution is -2.28. The highest BCUT2D eigenvalue weighted by Gasteiger charge is 2.28. The van der Waals surface area contributed by atoms with Gasteiger partial charge < -0.3 is 20.1 Å². The summed E-state index contributed by atoms with van der Waals surface area (Å²) in [6.07, 6.45) is -4.40. The average molecular weight is 382 g/mol. The lowest BCUT2D eigenvalue weighted by molar-refractivity contribution is -0.153. The molecule has 0 aliphatic heterocycles. The van der Waals surface area contributed by atoms with Crippen molar-refractivity contribution in [1.29, 1.82) is 0 Å². The number of aryl methyl sites for hydroxylation is 1. The van der Waals surface area contributed by atoms with Crippen molar-refractivity contribution in [2.45, 2.75) is 26.6 Å². The molecule has 0 atom stereocenters. The van der Waals surface area contributed by atoms with Gasteiger partial charge in [-0.05, 0) is 49.2 Å². The number of hydrogen-bond donors (Lipinski definition) is 2. The number of halogens is 3. The Morgan fingerprint density at radius 2 is 1.89 bits per heavy atom. The molecule has 5 nitrogen and oxygen atoms in total. The summed E-state index contributed by atoms with van der Waals surface area (Å²) in [5.41, 5.74) is 2.14. The van der Waals surface area contributed by atoms with Gasteiger partial charge in [0.2, 0.25) is 0 Å². The van der Waals surface area contributed by atoms with Crippen molar-refractivity contribution in [3.05, 3.63) is 53.6 Å². The van der Waals surface area contributed by atoms with Crippen molar-refractivity contribution in [1.82, 2.24) is 5.32 Å². The van der Waals surface area contributed by atoms with Crippen molar-refractivity contribution in [3.8, 4) is 11.5 Å². The van der Waals surface area contributed by atoms with Crippen molar-refractivity contribution in [3.63, 3.8) is 0 Å². The topological polar surface area (TPSA) is 59.6 Å². The highest BCUT2D eigenvalue weighted by atomic mass is 19.4. The van der Waals surface area contributed by atoms with Crippen LogP contribution in [-0.4, -0.2) is 25.4 Å². The molecule has 2 aromatic rings. The second-order valence-corrected chi connectivity index (χ2v) is 5.79. The van der Waals surface area contributed by atoms with Crippen LogP contribution in [0.1, 0.15) is 18.1 Å². The van der Waals surface area contributed by atoms with Gasteiger partial charge in [0.25, 0.3) is 0 Å². The summed E-state index contributed by atoms with van der Waals surface area (Å²) < 4.78 is 46.8. The molecule has 27 heavy (non-hydrogen) atoms. The van der Waals surface area contributed by atoms with Gasteiger partial charge in [-0.25, -0.2) is 4.79 Å². The van der Waals surface area contributed by atoms with Crippen LogP contribution in [0.3, 0.4) is 0 Å². The number of hydrogen-bond acceptors (Lipinski definition) is 3. The van der Waals surface area contributed by atoms with Crippen molar-refractivity contribution >= 4 is 11.7 Å². The first-order valence-electron chi connectivity index (χ1n) is 8.33. The molecule has 0 radical (unpaired) electrons. The van der Waals surface area contributed by atoms with Gasteiger partial charge in [0, 0.05) is 6.54 Å². The second kappa shape index (κ2) is 9.16. The fraction of sp³-hybridized carbons (Fsp3) is 0.316. The summed E-state index contributed by atoms with van der Waals surface area (Å²) in [7, 11) is 0. The first-order valence-corrected chi connectivity index (χ1v) is 8.33. The summed E-state index contributed by atoms with van der Waals surface area (Å²) in [6.45, 7) is 2.99. The van der Waals surface area contributed by atoms with Gasteiger partial charge in [-0.2, -0.15) is 13.2 Å². The maximum atomic E-state index is 12.2. The van der Waals surface area contributed by atoms with E-state index >= 15 is 0 Å². The maximum absolute atomic E-state index is 12.2. The molecule has 2 aromatic carbocycles. The number of ether oxygens (including phenoxy) is 2. The third kappa shape index (κ3) is 7.08. The van der Waals surface area contributed by atoms with E-state index in [1.165, 1.54) is 12.1 Å². The van der Waals surface area contributed by atoms with Crippen LogP contribution in [0, 0.1) is 6.92 Å². The van der Waals surface area contributed by atoms with Gasteiger partial charge in [0.15, 0.2) is 6.61 Å². The molecule has 0 bridgehead atoms. The second-order valence-electron chi connectivity index (χ2n) is 5.79. The van der Waals surface area contributed by atoms with Gasteiger partial charge in [-0.15, -0.1) is 0 Å². The fourth-order valence-electron chi connectivity index (χ4n) is 2.27. The molecule has 0 heterocycles. The van der Waals surface area contributed by atoms with E-state index in [9.17, 15) is 18.0 Å².